The Morgan fingerprint density at radius 2 is 1.64 bits per heavy atom. The molecule has 1 aromatic carbocycles. The maximum atomic E-state index is 12.2. The molecule has 1 aromatic rings. The van der Waals surface area contributed by atoms with Crippen LogP contribution in [0.1, 0.15) is 37.7 Å². The summed E-state index contributed by atoms with van der Waals surface area (Å²) in [4.78, 5) is 28.6. The van der Waals surface area contributed by atoms with E-state index in [0.29, 0.717) is 0 Å². The number of carbonyl (C=O) groups excluding carboxylic acids is 2. The van der Waals surface area contributed by atoms with Crippen LogP contribution in [0.4, 0.5) is 4.79 Å². The summed E-state index contributed by atoms with van der Waals surface area (Å²) < 4.78 is 5.19. The Kier molecular flexibility index (Phi) is 7.68. The first-order chi connectivity index (χ1) is 13.6. The second-order valence-electron chi connectivity index (χ2n) is 7.76. The summed E-state index contributed by atoms with van der Waals surface area (Å²) in [6.45, 7) is 4.64. The van der Waals surface area contributed by atoms with Gasteiger partial charge in [0.2, 0.25) is 5.91 Å². The first kappa shape index (κ1) is 20.6. The van der Waals surface area contributed by atoms with Crippen molar-refractivity contribution in [1.29, 1.82) is 0 Å². The summed E-state index contributed by atoms with van der Waals surface area (Å²) in [6.07, 6.45) is 5.57. The highest BCUT2D eigenvalue weighted by atomic mass is 16.5. The van der Waals surface area contributed by atoms with Crippen molar-refractivity contribution < 1.29 is 14.3 Å². The van der Waals surface area contributed by atoms with Crippen LogP contribution in [-0.2, 0) is 11.3 Å². The fourth-order valence-corrected chi connectivity index (χ4v) is 3.93. The number of urea groups is 1. The van der Waals surface area contributed by atoms with E-state index in [1.54, 1.807) is 7.11 Å². The van der Waals surface area contributed by atoms with Gasteiger partial charge in [-0.1, -0.05) is 31.4 Å². The second kappa shape index (κ2) is 10.4. The van der Waals surface area contributed by atoms with Crippen molar-refractivity contribution in [3.05, 3.63) is 29.8 Å². The molecule has 1 aliphatic carbocycles. The van der Waals surface area contributed by atoms with Crippen molar-refractivity contribution in [2.45, 2.75) is 44.7 Å². The Hall–Kier alpha value is -2.12. The highest BCUT2D eigenvalue weighted by molar-refractivity contribution is 5.95. The van der Waals surface area contributed by atoms with Gasteiger partial charge in [0.1, 0.15) is 5.75 Å². The van der Waals surface area contributed by atoms with Crippen LogP contribution in [0.15, 0.2) is 24.3 Å². The molecule has 2 fully saturated rings. The molecule has 28 heavy (non-hydrogen) atoms. The maximum Gasteiger partial charge on any atom is 0.321 e. The molecule has 7 nitrogen and oxygen atoms in total. The lowest BCUT2D eigenvalue weighted by molar-refractivity contribution is -0.121. The van der Waals surface area contributed by atoms with Crippen LogP contribution < -0.4 is 15.4 Å². The van der Waals surface area contributed by atoms with Crippen LogP contribution in [-0.4, -0.2) is 67.6 Å². The standard InChI is InChI=1S/C21H32N4O3/c1-28-19-9-7-17(8-10-19)15-24-11-13-25(14-12-24)16-20(26)23-21(27)22-18-5-3-2-4-6-18/h7-10,18H,2-6,11-16H2,1H3,(H2,22,23,26,27). The summed E-state index contributed by atoms with van der Waals surface area (Å²) in [6, 6.07) is 7.99. The Labute approximate surface area is 167 Å². The van der Waals surface area contributed by atoms with Crippen molar-refractivity contribution in [2.24, 2.45) is 0 Å². The fourth-order valence-electron chi connectivity index (χ4n) is 3.93. The van der Waals surface area contributed by atoms with Crippen molar-refractivity contribution >= 4 is 11.9 Å². The molecule has 1 aliphatic heterocycles. The smallest absolute Gasteiger partial charge is 0.321 e. The van der Waals surface area contributed by atoms with E-state index in [0.717, 1.165) is 64.2 Å². The van der Waals surface area contributed by atoms with Crippen LogP contribution in [0.2, 0.25) is 0 Å². The van der Waals surface area contributed by atoms with Gasteiger partial charge in [-0.3, -0.25) is 19.9 Å². The molecule has 0 radical (unpaired) electrons. The third-order valence-electron chi connectivity index (χ3n) is 5.59. The topological polar surface area (TPSA) is 73.9 Å². The minimum absolute atomic E-state index is 0.211. The number of carbonyl (C=O) groups is 2. The highest BCUT2D eigenvalue weighted by Crippen LogP contribution is 2.17. The molecule has 3 amide bonds. The molecule has 7 heteroatoms. The van der Waals surface area contributed by atoms with Crippen LogP contribution in [0.3, 0.4) is 0 Å². The van der Waals surface area contributed by atoms with Gasteiger partial charge in [0.25, 0.3) is 0 Å². The number of nitrogens with one attached hydrogen (secondary N) is 2. The first-order valence-electron chi connectivity index (χ1n) is 10.3. The van der Waals surface area contributed by atoms with Crippen LogP contribution in [0.25, 0.3) is 0 Å². The average Bonchev–Trinajstić information content (AvgIpc) is 2.70. The number of hydrogen-bond donors (Lipinski definition) is 2. The number of imide groups is 1. The summed E-state index contributed by atoms with van der Waals surface area (Å²) >= 11 is 0. The molecule has 1 saturated carbocycles. The lowest BCUT2D eigenvalue weighted by Gasteiger charge is -2.34. The van der Waals surface area contributed by atoms with Crippen LogP contribution in [0.5, 0.6) is 5.75 Å². The fraction of sp³-hybridized carbons (Fsp3) is 0.619. The number of amides is 3. The van der Waals surface area contributed by atoms with Gasteiger partial charge in [-0.25, -0.2) is 4.79 Å². The Bertz CT molecular complexity index is 636. The molecule has 2 aliphatic rings. The van der Waals surface area contributed by atoms with Gasteiger partial charge in [0.05, 0.1) is 13.7 Å². The number of benzene rings is 1. The molecule has 3 rings (SSSR count). The lowest BCUT2D eigenvalue weighted by Crippen LogP contribution is -2.51. The SMILES string of the molecule is COc1ccc(CN2CCN(CC(=O)NC(=O)NC3CCCCC3)CC2)cc1. The second-order valence-corrected chi connectivity index (χ2v) is 7.76. The van der Waals surface area contributed by atoms with Crippen molar-refractivity contribution in [3.8, 4) is 5.75 Å². The Balaban J connectivity index is 1.33. The molecular weight excluding hydrogens is 356 g/mol. The van der Waals surface area contributed by atoms with Gasteiger partial charge in [-0.15, -0.1) is 0 Å². The van der Waals surface area contributed by atoms with Crippen molar-refractivity contribution in [2.75, 3.05) is 39.8 Å². The lowest BCUT2D eigenvalue weighted by atomic mass is 9.96. The van der Waals surface area contributed by atoms with Crippen LogP contribution >= 0.6 is 0 Å². The number of rotatable bonds is 6. The summed E-state index contributed by atoms with van der Waals surface area (Å²) in [5, 5.41) is 5.40. The molecule has 0 atom stereocenters. The molecule has 0 unspecified atom stereocenters. The third-order valence-corrected chi connectivity index (χ3v) is 5.59. The van der Waals surface area contributed by atoms with E-state index in [-0.39, 0.29) is 24.5 Å². The molecule has 1 heterocycles. The molecule has 0 spiro atoms. The zero-order valence-electron chi connectivity index (χ0n) is 16.8. The number of hydrogen-bond acceptors (Lipinski definition) is 5. The number of ether oxygens (including phenoxy) is 1. The molecule has 0 aromatic heterocycles. The van der Waals surface area contributed by atoms with Crippen molar-refractivity contribution in [1.82, 2.24) is 20.4 Å². The number of nitrogens with zero attached hydrogens (tertiary/aromatic N) is 2. The number of methoxy groups -OCH3 is 1. The molecule has 154 valence electrons. The van der Waals surface area contributed by atoms with E-state index < -0.39 is 0 Å². The minimum atomic E-state index is -0.352. The maximum absolute atomic E-state index is 12.2. The summed E-state index contributed by atoms with van der Waals surface area (Å²) in [7, 11) is 1.67. The quantitative estimate of drug-likeness (QED) is 0.779. The molecule has 1 saturated heterocycles. The zero-order valence-corrected chi connectivity index (χ0v) is 16.8. The van der Waals surface area contributed by atoms with E-state index in [4.69, 9.17) is 4.74 Å². The number of piperazine rings is 1. The van der Waals surface area contributed by atoms with Gasteiger partial charge >= 0.3 is 6.03 Å². The van der Waals surface area contributed by atoms with Crippen molar-refractivity contribution in [3.63, 3.8) is 0 Å². The van der Waals surface area contributed by atoms with Crippen LogP contribution in [0, 0.1) is 0 Å². The molecule has 2 N–H and O–H groups in total. The van der Waals surface area contributed by atoms with Gasteiger partial charge in [-0.05, 0) is 30.5 Å². The normalized spacial score (nSPS) is 19.2. The van der Waals surface area contributed by atoms with Gasteiger partial charge in [-0.2, -0.15) is 0 Å². The molecule has 0 bridgehead atoms. The van der Waals surface area contributed by atoms with Gasteiger partial charge in [0, 0.05) is 38.8 Å². The van der Waals surface area contributed by atoms with Gasteiger partial charge in [0.15, 0.2) is 0 Å². The third kappa shape index (κ3) is 6.49. The predicted octanol–water partition coefficient (Wildman–Crippen LogP) is 1.97. The Morgan fingerprint density at radius 1 is 1.00 bits per heavy atom. The monoisotopic (exact) mass is 388 g/mol. The summed E-state index contributed by atoms with van der Waals surface area (Å²) in [5.41, 5.74) is 1.26. The average molecular weight is 389 g/mol. The van der Waals surface area contributed by atoms with E-state index in [1.807, 2.05) is 12.1 Å². The molecular formula is C21H32N4O3. The Morgan fingerprint density at radius 3 is 2.29 bits per heavy atom. The first-order valence-corrected chi connectivity index (χ1v) is 10.3. The van der Waals surface area contributed by atoms with E-state index >= 15 is 0 Å². The predicted molar refractivity (Wildman–Crippen MR) is 108 cm³/mol. The highest BCUT2D eigenvalue weighted by Gasteiger charge is 2.21. The van der Waals surface area contributed by atoms with Gasteiger partial charge < -0.3 is 10.1 Å². The zero-order chi connectivity index (χ0) is 19.8. The van der Waals surface area contributed by atoms with E-state index in [2.05, 4.69) is 32.6 Å². The minimum Gasteiger partial charge on any atom is -0.497 e. The summed E-state index contributed by atoms with van der Waals surface area (Å²) in [5.74, 6) is 0.643. The van der Waals surface area contributed by atoms with E-state index in [9.17, 15) is 9.59 Å². The van der Waals surface area contributed by atoms with E-state index in [1.165, 1.54) is 12.0 Å². The largest absolute Gasteiger partial charge is 0.497 e.